The Balaban J connectivity index is 1.84. The van der Waals surface area contributed by atoms with Crippen molar-refractivity contribution in [2.24, 2.45) is 0 Å². The number of nitrogens with one attached hydrogen (secondary N) is 1. The van der Waals surface area contributed by atoms with E-state index in [9.17, 15) is 14.4 Å². The predicted octanol–water partition coefficient (Wildman–Crippen LogP) is 2.89. The molecule has 1 N–H and O–H groups in total. The quantitative estimate of drug-likeness (QED) is 0.550. The summed E-state index contributed by atoms with van der Waals surface area (Å²) in [6.45, 7) is 0. The lowest BCUT2D eigenvalue weighted by molar-refractivity contribution is -0.133. The summed E-state index contributed by atoms with van der Waals surface area (Å²) < 4.78 is 14.7. The van der Waals surface area contributed by atoms with Crippen molar-refractivity contribution in [3.05, 3.63) is 65.4 Å². The number of fused-ring (bicyclic) bond motifs is 1. The van der Waals surface area contributed by atoms with Crippen LogP contribution in [0.2, 0.25) is 0 Å². The van der Waals surface area contributed by atoms with E-state index in [1.54, 1.807) is 6.20 Å². The first kappa shape index (κ1) is 18.2. The first-order valence-corrected chi connectivity index (χ1v) is 8.09. The number of esters is 3. The first-order valence-electron chi connectivity index (χ1n) is 8.09. The van der Waals surface area contributed by atoms with Gasteiger partial charge >= 0.3 is 17.9 Å². The normalized spacial score (nSPS) is 10.4. The maximum Gasteiger partial charge on any atom is 0.338 e. The fourth-order valence-electron chi connectivity index (χ4n) is 2.73. The molecule has 27 heavy (non-hydrogen) atoms. The Morgan fingerprint density at radius 1 is 0.926 bits per heavy atom. The fourth-order valence-corrected chi connectivity index (χ4v) is 2.73. The van der Waals surface area contributed by atoms with E-state index in [4.69, 9.17) is 4.74 Å². The van der Waals surface area contributed by atoms with Crippen molar-refractivity contribution in [3.63, 3.8) is 0 Å². The number of aromatic nitrogens is 1. The van der Waals surface area contributed by atoms with Gasteiger partial charge in [0.15, 0.2) is 0 Å². The van der Waals surface area contributed by atoms with Crippen LogP contribution in [0.3, 0.4) is 0 Å². The van der Waals surface area contributed by atoms with Crippen LogP contribution in [0.15, 0.2) is 48.7 Å². The lowest BCUT2D eigenvalue weighted by Crippen LogP contribution is -2.13. The molecule has 0 radical (unpaired) electrons. The summed E-state index contributed by atoms with van der Waals surface area (Å²) in [4.78, 5) is 39.0. The molecule has 1 aromatic heterocycles. The van der Waals surface area contributed by atoms with Crippen molar-refractivity contribution in [2.75, 3.05) is 14.2 Å². The van der Waals surface area contributed by atoms with Gasteiger partial charge in [0.25, 0.3) is 0 Å². The second-order valence-corrected chi connectivity index (χ2v) is 5.74. The van der Waals surface area contributed by atoms with E-state index in [0.717, 1.165) is 16.5 Å². The molecule has 3 aromatic rings. The third-order valence-corrected chi connectivity index (χ3v) is 3.99. The van der Waals surface area contributed by atoms with E-state index >= 15 is 0 Å². The summed E-state index contributed by atoms with van der Waals surface area (Å²) >= 11 is 0. The zero-order valence-electron chi connectivity index (χ0n) is 14.8. The van der Waals surface area contributed by atoms with Gasteiger partial charge in [0, 0.05) is 17.1 Å². The molecular weight excluding hydrogens is 350 g/mol. The number of rotatable bonds is 5. The Morgan fingerprint density at radius 2 is 1.56 bits per heavy atom. The first-order chi connectivity index (χ1) is 13.0. The minimum atomic E-state index is -0.658. The Morgan fingerprint density at radius 3 is 2.19 bits per heavy atom. The van der Waals surface area contributed by atoms with Gasteiger partial charge in [-0.25, -0.2) is 9.59 Å². The van der Waals surface area contributed by atoms with Crippen molar-refractivity contribution >= 4 is 28.8 Å². The molecule has 3 rings (SSSR count). The van der Waals surface area contributed by atoms with Gasteiger partial charge in [0.2, 0.25) is 0 Å². The van der Waals surface area contributed by atoms with Gasteiger partial charge in [0.1, 0.15) is 5.75 Å². The topological polar surface area (TPSA) is 94.7 Å². The third kappa shape index (κ3) is 3.98. The van der Waals surface area contributed by atoms with Gasteiger partial charge in [-0.2, -0.15) is 0 Å². The Labute approximate surface area is 154 Å². The van der Waals surface area contributed by atoms with Gasteiger partial charge < -0.3 is 19.2 Å². The fraction of sp³-hybridized carbons (Fsp3) is 0.150. The highest BCUT2D eigenvalue weighted by molar-refractivity contribution is 5.96. The summed E-state index contributed by atoms with van der Waals surface area (Å²) in [6.07, 6.45) is 1.77. The summed E-state index contributed by atoms with van der Waals surface area (Å²) in [5.74, 6) is -1.79. The monoisotopic (exact) mass is 367 g/mol. The average molecular weight is 367 g/mol. The largest absolute Gasteiger partial charge is 0.465 e. The van der Waals surface area contributed by atoms with E-state index in [0.29, 0.717) is 0 Å². The molecular formula is C20H17NO6. The van der Waals surface area contributed by atoms with E-state index in [2.05, 4.69) is 14.5 Å². The van der Waals surface area contributed by atoms with Crippen molar-refractivity contribution < 1.29 is 28.6 Å². The van der Waals surface area contributed by atoms with Crippen LogP contribution in [0, 0.1) is 0 Å². The second kappa shape index (κ2) is 7.74. The summed E-state index contributed by atoms with van der Waals surface area (Å²) in [5, 5.41) is 0.924. The van der Waals surface area contributed by atoms with Gasteiger partial charge in [-0.15, -0.1) is 0 Å². The van der Waals surface area contributed by atoms with Crippen LogP contribution in [0.5, 0.6) is 5.75 Å². The number of H-pyrrole nitrogens is 1. The highest BCUT2D eigenvalue weighted by Gasteiger charge is 2.17. The summed E-state index contributed by atoms with van der Waals surface area (Å²) in [5.41, 5.74) is 1.86. The molecule has 0 aliphatic rings. The molecule has 0 amide bonds. The molecule has 0 saturated heterocycles. The number of methoxy groups -OCH3 is 2. The standard InChI is InChI=1S/C20H17NO6/c1-25-19(23)12-7-13(20(24)26-2)9-15(8-12)27-18(22)10-14-11-21-17-6-4-3-5-16(14)17/h3-9,11,21H,10H2,1-2H3. The molecule has 7 nitrogen and oxygen atoms in total. The molecule has 0 spiro atoms. The van der Waals surface area contributed by atoms with Crippen molar-refractivity contribution in [2.45, 2.75) is 6.42 Å². The Kier molecular flexibility index (Phi) is 5.21. The third-order valence-electron chi connectivity index (χ3n) is 3.99. The highest BCUT2D eigenvalue weighted by Crippen LogP contribution is 2.22. The molecule has 0 bridgehead atoms. The highest BCUT2D eigenvalue weighted by atomic mass is 16.5. The van der Waals surface area contributed by atoms with E-state index in [1.807, 2.05) is 24.3 Å². The van der Waals surface area contributed by atoms with Gasteiger partial charge in [-0.1, -0.05) is 18.2 Å². The maximum absolute atomic E-state index is 12.4. The number of carbonyl (C=O) groups excluding carboxylic acids is 3. The van der Waals surface area contributed by atoms with Crippen LogP contribution in [-0.2, 0) is 20.7 Å². The number of hydrogen-bond donors (Lipinski definition) is 1. The van der Waals surface area contributed by atoms with Crippen molar-refractivity contribution in [1.29, 1.82) is 0 Å². The van der Waals surface area contributed by atoms with Crippen LogP contribution in [-0.4, -0.2) is 37.1 Å². The molecule has 7 heteroatoms. The lowest BCUT2D eigenvalue weighted by atomic mass is 10.1. The molecule has 138 valence electrons. The molecule has 0 fully saturated rings. The number of aromatic amines is 1. The molecule has 2 aromatic carbocycles. The zero-order valence-corrected chi connectivity index (χ0v) is 14.8. The molecule has 0 atom stereocenters. The smallest absolute Gasteiger partial charge is 0.338 e. The molecule has 1 heterocycles. The number of carbonyl (C=O) groups is 3. The van der Waals surface area contributed by atoms with E-state index < -0.39 is 17.9 Å². The van der Waals surface area contributed by atoms with Crippen LogP contribution in [0.4, 0.5) is 0 Å². The number of benzene rings is 2. The van der Waals surface area contributed by atoms with Crippen LogP contribution < -0.4 is 4.74 Å². The van der Waals surface area contributed by atoms with Crippen LogP contribution >= 0.6 is 0 Å². The molecule has 0 aliphatic heterocycles. The Bertz CT molecular complexity index is 986. The van der Waals surface area contributed by atoms with Crippen LogP contribution in [0.1, 0.15) is 26.3 Å². The van der Waals surface area contributed by atoms with Gasteiger partial charge in [-0.05, 0) is 29.8 Å². The van der Waals surface area contributed by atoms with Gasteiger partial charge in [-0.3, -0.25) is 4.79 Å². The van der Waals surface area contributed by atoms with Crippen LogP contribution in [0.25, 0.3) is 10.9 Å². The van der Waals surface area contributed by atoms with E-state index in [-0.39, 0.29) is 23.3 Å². The van der Waals surface area contributed by atoms with Crippen molar-refractivity contribution in [3.8, 4) is 5.75 Å². The average Bonchev–Trinajstić information content (AvgIpc) is 3.09. The number of para-hydroxylation sites is 1. The SMILES string of the molecule is COC(=O)c1cc(OC(=O)Cc2c[nH]c3ccccc23)cc(C(=O)OC)c1. The van der Waals surface area contributed by atoms with Gasteiger partial charge in [0.05, 0.1) is 31.8 Å². The van der Waals surface area contributed by atoms with E-state index in [1.165, 1.54) is 32.4 Å². The van der Waals surface area contributed by atoms with Crippen molar-refractivity contribution in [1.82, 2.24) is 4.98 Å². The zero-order chi connectivity index (χ0) is 19.4. The number of hydrogen-bond acceptors (Lipinski definition) is 6. The molecule has 0 unspecified atom stereocenters. The minimum Gasteiger partial charge on any atom is -0.465 e. The Hall–Kier alpha value is -3.61. The second-order valence-electron chi connectivity index (χ2n) is 5.74. The predicted molar refractivity (Wildman–Crippen MR) is 96.8 cm³/mol. The lowest BCUT2D eigenvalue weighted by Gasteiger charge is -2.08. The maximum atomic E-state index is 12.4. The summed E-state index contributed by atoms with van der Waals surface area (Å²) in [7, 11) is 2.44. The summed E-state index contributed by atoms with van der Waals surface area (Å²) in [6, 6.07) is 11.6. The minimum absolute atomic E-state index is 0.0278. The molecule has 0 aliphatic carbocycles. The molecule has 0 saturated carbocycles. The number of ether oxygens (including phenoxy) is 3.